The zero-order valence-corrected chi connectivity index (χ0v) is 11.9. The number of hydrogen-bond acceptors (Lipinski definition) is 4. The molecule has 1 fully saturated rings. The van der Waals surface area contributed by atoms with E-state index in [0.29, 0.717) is 24.5 Å². The molecule has 2 rings (SSSR count). The minimum atomic E-state index is -0.387. The fourth-order valence-electron chi connectivity index (χ4n) is 1.96. The molecule has 1 aliphatic rings. The quantitative estimate of drug-likeness (QED) is 0.734. The van der Waals surface area contributed by atoms with Crippen molar-refractivity contribution in [3.8, 4) is 0 Å². The van der Waals surface area contributed by atoms with Crippen LogP contribution in [-0.4, -0.2) is 36.1 Å². The number of nitrogens with one attached hydrogen (secondary N) is 2. The van der Waals surface area contributed by atoms with E-state index in [1.165, 1.54) is 12.8 Å². The highest BCUT2D eigenvalue weighted by Crippen LogP contribution is 2.27. The van der Waals surface area contributed by atoms with Crippen LogP contribution in [0.2, 0.25) is 0 Å². The van der Waals surface area contributed by atoms with E-state index in [1.54, 1.807) is 30.8 Å². The third-order valence-corrected chi connectivity index (χ3v) is 3.19. The molecule has 0 unspecified atom stereocenters. The Morgan fingerprint density at radius 3 is 2.85 bits per heavy atom. The van der Waals surface area contributed by atoms with Crippen LogP contribution in [0.4, 0.5) is 5.69 Å². The minimum Gasteiger partial charge on any atom is -0.461 e. The van der Waals surface area contributed by atoms with Gasteiger partial charge in [0.2, 0.25) is 5.91 Å². The second-order valence-electron chi connectivity index (χ2n) is 5.07. The number of esters is 1. The number of amides is 1. The van der Waals surface area contributed by atoms with Crippen molar-refractivity contribution in [3.05, 3.63) is 18.0 Å². The number of hydrogen-bond donors (Lipinski definition) is 2. The molecule has 6 heteroatoms. The van der Waals surface area contributed by atoms with Gasteiger partial charge in [-0.25, -0.2) is 4.79 Å². The zero-order valence-electron chi connectivity index (χ0n) is 11.9. The number of aryl methyl sites for hydroxylation is 1. The van der Waals surface area contributed by atoms with Crippen LogP contribution in [0.3, 0.4) is 0 Å². The molecule has 1 aromatic rings. The van der Waals surface area contributed by atoms with E-state index in [1.807, 2.05) is 0 Å². The van der Waals surface area contributed by atoms with Crippen LogP contribution in [0.25, 0.3) is 0 Å². The summed E-state index contributed by atoms with van der Waals surface area (Å²) in [7, 11) is 1.74. The maximum Gasteiger partial charge on any atom is 0.355 e. The average molecular weight is 279 g/mol. The van der Waals surface area contributed by atoms with Crippen molar-refractivity contribution in [3.63, 3.8) is 0 Å². The molecule has 0 saturated heterocycles. The summed E-state index contributed by atoms with van der Waals surface area (Å²) in [6.45, 7) is 3.28. The Hall–Kier alpha value is -1.82. The summed E-state index contributed by atoms with van der Waals surface area (Å²) in [5.41, 5.74) is 1.03. The van der Waals surface area contributed by atoms with E-state index in [4.69, 9.17) is 4.74 Å². The van der Waals surface area contributed by atoms with Gasteiger partial charge < -0.3 is 19.9 Å². The fraction of sp³-hybridized carbons (Fsp3) is 0.571. The predicted molar refractivity (Wildman–Crippen MR) is 75.6 cm³/mol. The molecule has 0 bridgehead atoms. The van der Waals surface area contributed by atoms with Gasteiger partial charge in [-0.15, -0.1) is 0 Å². The van der Waals surface area contributed by atoms with Crippen molar-refractivity contribution < 1.29 is 14.3 Å². The Morgan fingerprint density at radius 2 is 2.20 bits per heavy atom. The second kappa shape index (κ2) is 6.56. The number of carbonyl (C=O) groups excluding carboxylic acids is 2. The number of rotatable bonds is 7. The summed E-state index contributed by atoms with van der Waals surface area (Å²) in [6.07, 6.45) is 4.22. The average Bonchev–Trinajstić information content (AvgIpc) is 3.13. The summed E-state index contributed by atoms with van der Waals surface area (Å²) < 4.78 is 6.58. The van der Waals surface area contributed by atoms with Gasteiger partial charge in [0.25, 0.3) is 0 Å². The topological polar surface area (TPSA) is 72.4 Å². The van der Waals surface area contributed by atoms with Crippen LogP contribution in [0.1, 0.15) is 30.3 Å². The largest absolute Gasteiger partial charge is 0.461 e. The Labute approximate surface area is 118 Å². The molecule has 1 amide bonds. The van der Waals surface area contributed by atoms with Crippen molar-refractivity contribution in [2.45, 2.75) is 19.8 Å². The van der Waals surface area contributed by atoms with Crippen molar-refractivity contribution in [2.75, 3.05) is 25.0 Å². The zero-order chi connectivity index (χ0) is 14.5. The van der Waals surface area contributed by atoms with Crippen molar-refractivity contribution in [2.24, 2.45) is 13.0 Å². The third-order valence-electron chi connectivity index (χ3n) is 3.19. The SMILES string of the molecule is CCOC(=O)c1cc(NC(=O)CNCC2CC2)cn1C. The normalized spacial score (nSPS) is 14.1. The number of aromatic nitrogens is 1. The van der Waals surface area contributed by atoms with Gasteiger partial charge in [-0.3, -0.25) is 4.79 Å². The fourth-order valence-corrected chi connectivity index (χ4v) is 1.96. The summed E-state index contributed by atoms with van der Waals surface area (Å²) in [4.78, 5) is 23.4. The van der Waals surface area contributed by atoms with Gasteiger partial charge in [0.1, 0.15) is 5.69 Å². The number of nitrogens with zero attached hydrogens (tertiary/aromatic N) is 1. The highest BCUT2D eigenvalue weighted by molar-refractivity contribution is 5.95. The summed E-state index contributed by atoms with van der Waals surface area (Å²) >= 11 is 0. The van der Waals surface area contributed by atoms with Gasteiger partial charge in [0.05, 0.1) is 18.8 Å². The Balaban J connectivity index is 1.83. The van der Waals surface area contributed by atoms with Crippen LogP contribution in [-0.2, 0) is 16.6 Å². The number of carbonyl (C=O) groups is 2. The Morgan fingerprint density at radius 1 is 1.45 bits per heavy atom. The monoisotopic (exact) mass is 279 g/mol. The third kappa shape index (κ3) is 4.09. The molecule has 1 saturated carbocycles. The molecular weight excluding hydrogens is 258 g/mol. The number of ether oxygens (including phenoxy) is 1. The molecule has 0 aliphatic heterocycles. The number of anilines is 1. The molecular formula is C14H21N3O3. The van der Waals surface area contributed by atoms with Gasteiger partial charge in [-0.2, -0.15) is 0 Å². The van der Waals surface area contributed by atoms with E-state index in [0.717, 1.165) is 12.5 Å². The first-order valence-electron chi connectivity index (χ1n) is 6.94. The lowest BCUT2D eigenvalue weighted by Gasteiger charge is -2.03. The van der Waals surface area contributed by atoms with E-state index < -0.39 is 0 Å². The van der Waals surface area contributed by atoms with Crippen LogP contribution < -0.4 is 10.6 Å². The maximum absolute atomic E-state index is 11.7. The lowest BCUT2D eigenvalue weighted by atomic mass is 10.4. The van der Waals surface area contributed by atoms with Crippen molar-refractivity contribution in [1.29, 1.82) is 0 Å². The molecule has 1 aromatic heterocycles. The Bertz CT molecular complexity index is 492. The molecule has 1 aliphatic carbocycles. The van der Waals surface area contributed by atoms with Crippen LogP contribution >= 0.6 is 0 Å². The summed E-state index contributed by atoms with van der Waals surface area (Å²) in [5.74, 6) is 0.254. The molecule has 6 nitrogen and oxygen atoms in total. The van der Waals surface area contributed by atoms with Gasteiger partial charge in [-0.05, 0) is 38.3 Å². The van der Waals surface area contributed by atoms with Gasteiger partial charge >= 0.3 is 5.97 Å². The van der Waals surface area contributed by atoms with E-state index >= 15 is 0 Å². The molecule has 0 aromatic carbocycles. The highest BCUT2D eigenvalue weighted by Gasteiger charge is 2.20. The predicted octanol–water partition coefficient (Wildman–Crippen LogP) is 1.14. The van der Waals surface area contributed by atoms with Gasteiger partial charge in [0.15, 0.2) is 0 Å². The van der Waals surface area contributed by atoms with Gasteiger partial charge in [0, 0.05) is 13.2 Å². The molecule has 20 heavy (non-hydrogen) atoms. The molecule has 2 N–H and O–H groups in total. The first-order valence-corrected chi connectivity index (χ1v) is 6.94. The first-order chi connectivity index (χ1) is 9.60. The van der Waals surface area contributed by atoms with E-state index in [9.17, 15) is 9.59 Å². The van der Waals surface area contributed by atoms with Crippen molar-refractivity contribution in [1.82, 2.24) is 9.88 Å². The first kappa shape index (κ1) is 14.6. The van der Waals surface area contributed by atoms with Gasteiger partial charge in [-0.1, -0.05) is 0 Å². The van der Waals surface area contributed by atoms with Crippen molar-refractivity contribution >= 4 is 17.6 Å². The molecule has 0 atom stereocenters. The smallest absolute Gasteiger partial charge is 0.355 e. The second-order valence-corrected chi connectivity index (χ2v) is 5.07. The molecule has 1 heterocycles. The van der Waals surface area contributed by atoms with Crippen LogP contribution in [0, 0.1) is 5.92 Å². The molecule has 0 radical (unpaired) electrons. The van der Waals surface area contributed by atoms with Crippen LogP contribution in [0.15, 0.2) is 12.3 Å². The molecule has 110 valence electrons. The maximum atomic E-state index is 11.7. The Kier molecular flexibility index (Phi) is 4.79. The lowest BCUT2D eigenvalue weighted by Crippen LogP contribution is -2.29. The van der Waals surface area contributed by atoms with Crippen LogP contribution in [0.5, 0.6) is 0 Å². The van der Waals surface area contributed by atoms with E-state index in [2.05, 4.69) is 10.6 Å². The minimum absolute atomic E-state index is 0.105. The summed E-state index contributed by atoms with van der Waals surface area (Å²) in [6, 6.07) is 1.62. The molecule has 0 spiro atoms. The van der Waals surface area contributed by atoms with E-state index in [-0.39, 0.29) is 11.9 Å². The highest BCUT2D eigenvalue weighted by atomic mass is 16.5. The standard InChI is InChI=1S/C14H21N3O3/c1-3-20-14(19)12-6-11(9-17(12)2)16-13(18)8-15-7-10-4-5-10/h6,9-10,15H,3-5,7-8H2,1-2H3,(H,16,18). The summed E-state index contributed by atoms with van der Waals surface area (Å²) in [5, 5.41) is 5.89. The lowest BCUT2D eigenvalue weighted by molar-refractivity contribution is -0.115.